The second-order valence-electron chi connectivity index (χ2n) is 5.83. The standard InChI is InChI=1S/C16H21ClN2OS/c1-11-12(7-14(20-11)8-18-13-3-4-13)9-19(2)10-15-5-6-16(17)21-15/h5-7,13,18H,3-4,8-10H2,1-2H3. The highest BCUT2D eigenvalue weighted by atomic mass is 35.5. The van der Waals surface area contributed by atoms with Crippen LogP contribution < -0.4 is 5.32 Å². The molecule has 1 saturated carbocycles. The van der Waals surface area contributed by atoms with Gasteiger partial charge in [0.1, 0.15) is 11.5 Å². The van der Waals surface area contributed by atoms with Crippen LogP contribution in [-0.4, -0.2) is 18.0 Å². The van der Waals surface area contributed by atoms with Crippen molar-refractivity contribution in [3.05, 3.63) is 44.5 Å². The molecule has 1 aliphatic rings. The normalized spacial score (nSPS) is 15.0. The molecule has 0 amide bonds. The first kappa shape index (κ1) is 15.1. The maximum atomic E-state index is 5.98. The van der Waals surface area contributed by atoms with Crippen molar-refractivity contribution in [3.8, 4) is 0 Å². The van der Waals surface area contributed by atoms with Crippen molar-refractivity contribution in [3.63, 3.8) is 0 Å². The first-order valence-corrected chi connectivity index (χ1v) is 8.54. The fourth-order valence-electron chi connectivity index (χ4n) is 2.41. The van der Waals surface area contributed by atoms with E-state index in [1.165, 1.54) is 23.3 Å². The quantitative estimate of drug-likeness (QED) is 0.828. The van der Waals surface area contributed by atoms with Crippen LogP contribution in [0.1, 0.15) is 34.8 Å². The van der Waals surface area contributed by atoms with E-state index in [-0.39, 0.29) is 0 Å². The Balaban J connectivity index is 1.55. The third kappa shape index (κ3) is 4.33. The van der Waals surface area contributed by atoms with Gasteiger partial charge in [-0.05, 0) is 45.0 Å². The molecule has 0 radical (unpaired) electrons. The second kappa shape index (κ2) is 6.53. The molecule has 1 N–H and O–H groups in total. The summed E-state index contributed by atoms with van der Waals surface area (Å²) in [6.07, 6.45) is 2.61. The summed E-state index contributed by atoms with van der Waals surface area (Å²) in [5.74, 6) is 2.07. The number of hydrogen-bond acceptors (Lipinski definition) is 4. The monoisotopic (exact) mass is 324 g/mol. The largest absolute Gasteiger partial charge is 0.465 e. The summed E-state index contributed by atoms with van der Waals surface area (Å²) in [5, 5.41) is 3.49. The fraction of sp³-hybridized carbons (Fsp3) is 0.500. The van der Waals surface area contributed by atoms with Crippen molar-refractivity contribution < 1.29 is 4.42 Å². The molecule has 0 bridgehead atoms. The lowest BCUT2D eigenvalue weighted by molar-refractivity contribution is 0.319. The Hall–Kier alpha value is -0.810. The average Bonchev–Trinajstić information content (AvgIpc) is 3.08. The van der Waals surface area contributed by atoms with E-state index in [1.54, 1.807) is 11.3 Å². The van der Waals surface area contributed by atoms with E-state index in [0.29, 0.717) is 6.04 Å². The van der Waals surface area contributed by atoms with Gasteiger partial charge in [0.2, 0.25) is 0 Å². The number of nitrogens with one attached hydrogen (secondary N) is 1. The maximum Gasteiger partial charge on any atom is 0.118 e. The van der Waals surface area contributed by atoms with Crippen LogP contribution >= 0.6 is 22.9 Å². The highest BCUT2D eigenvalue weighted by Crippen LogP contribution is 2.24. The molecular formula is C16H21ClN2OS. The van der Waals surface area contributed by atoms with Gasteiger partial charge < -0.3 is 9.73 Å². The molecule has 0 aromatic carbocycles. The third-order valence-corrected chi connectivity index (χ3v) is 4.92. The molecule has 0 saturated heterocycles. The van der Waals surface area contributed by atoms with Gasteiger partial charge in [-0.1, -0.05) is 11.6 Å². The van der Waals surface area contributed by atoms with E-state index < -0.39 is 0 Å². The van der Waals surface area contributed by atoms with Gasteiger partial charge in [-0.25, -0.2) is 0 Å². The molecule has 3 nitrogen and oxygen atoms in total. The molecule has 0 spiro atoms. The molecule has 0 atom stereocenters. The molecule has 3 rings (SSSR count). The Bertz CT molecular complexity index is 603. The van der Waals surface area contributed by atoms with Gasteiger partial charge in [-0.2, -0.15) is 0 Å². The Labute approximate surface area is 134 Å². The summed E-state index contributed by atoms with van der Waals surface area (Å²) in [4.78, 5) is 3.58. The minimum atomic E-state index is 0.713. The van der Waals surface area contributed by atoms with Crippen LogP contribution in [-0.2, 0) is 19.6 Å². The van der Waals surface area contributed by atoms with Gasteiger partial charge in [0, 0.05) is 29.6 Å². The summed E-state index contributed by atoms with van der Waals surface area (Å²) in [6, 6.07) is 6.95. The molecule has 114 valence electrons. The molecule has 2 aromatic rings. The van der Waals surface area contributed by atoms with E-state index in [4.69, 9.17) is 16.0 Å². The number of aryl methyl sites for hydroxylation is 1. The van der Waals surface area contributed by atoms with Crippen molar-refractivity contribution in [2.75, 3.05) is 7.05 Å². The second-order valence-corrected chi connectivity index (χ2v) is 7.63. The van der Waals surface area contributed by atoms with Gasteiger partial charge >= 0.3 is 0 Å². The molecule has 2 heterocycles. The van der Waals surface area contributed by atoms with Crippen molar-refractivity contribution >= 4 is 22.9 Å². The van der Waals surface area contributed by atoms with Crippen LogP contribution in [0.5, 0.6) is 0 Å². The lowest BCUT2D eigenvalue weighted by Gasteiger charge is -2.14. The molecular weight excluding hydrogens is 304 g/mol. The predicted octanol–water partition coefficient (Wildman–Crippen LogP) is 4.19. The van der Waals surface area contributed by atoms with Crippen LogP contribution in [0.25, 0.3) is 0 Å². The first-order valence-electron chi connectivity index (χ1n) is 7.34. The van der Waals surface area contributed by atoms with Crippen LogP contribution in [0.3, 0.4) is 0 Å². The number of hydrogen-bond donors (Lipinski definition) is 1. The van der Waals surface area contributed by atoms with Gasteiger partial charge in [-0.15, -0.1) is 11.3 Å². The third-order valence-electron chi connectivity index (χ3n) is 3.71. The van der Waals surface area contributed by atoms with E-state index in [0.717, 1.165) is 35.5 Å². The van der Waals surface area contributed by atoms with Crippen molar-refractivity contribution in [2.24, 2.45) is 0 Å². The van der Waals surface area contributed by atoms with Crippen LogP contribution in [0, 0.1) is 6.92 Å². The highest BCUT2D eigenvalue weighted by molar-refractivity contribution is 7.16. The molecule has 0 aliphatic heterocycles. The van der Waals surface area contributed by atoms with Crippen LogP contribution in [0.4, 0.5) is 0 Å². The molecule has 2 aromatic heterocycles. The zero-order valence-corrected chi connectivity index (χ0v) is 14.1. The Morgan fingerprint density at radius 1 is 1.38 bits per heavy atom. The van der Waals surface area contributed by atoms with Crippen LogP contribution in [0.2, 0.25) is 4.34 Å². The van der Waals surface area contributed by atoms with E-state index in [9.17, 15) is 0 Å². The Kier molecular flexibility index (Phi) is 4.69. The topological polar surface area (TPSA) is 28.4 Å². The zero-order valence-electron chi connectivity index (χ0n) is 12.5. The van der Waals surface area contributed by atoms with Crippen molar-refractivity contribution in [1.29, 1.82) is 0 Å². The predicted molar refractivity (Wildman–Crippen MR) is 87.8 cm³/mol. The average molecular weight is 325 g/mol. The summed E-state index contributed by atoms with van der Waals surface area (Å²) in [7, 11) is 2.13. The van der Waals surface area contributed by atoms with Gasteiger partial charge in [0.15, 0.2) is 0 Å². The summed E-state index contributed by atoms with van der Waals surface area (Å²) < 4.78 is 6.69. The molecule has 1 aliphatic carbocycles. The Morgan fingerprint density at radius 2 is 2.19 bits per heavy atom. The number of nitrogens with zero attached hydrogens (tertiary/aromatic N) is 1. The minimum Gasteiger partial charge on any atom is -0.465 e. The minimum absolute atomic E-state index is 0.713. The lowest BCUT2D eigenvalue weighted by Crippen LogP contribution is -2.16. The number of halogens is 1. The molecule has 21 heavy (non-hydrogen) atoms. The first-order chi connectivity index (χ1) is 10.1. The summed E-state index contributed by atoms with van der Waals surface area (Å²) in [6.45, 7) is 4.70. The zero-order chi connectivity index (χ0) is 14.8. The van der Waals surface area contributed by atoms with Gasteiger partial charge in [0.25, 0.3) is 0 Å². The van der Waals surface area contributed by atoms with Crippen molar-refractivity contribution in [2.45, 2.75) is 45.4 Å². The maximum absolute atomic E-state index is 5.98. The van der Waals surface area contributed by atoms with E-state index >= 15 is 0 Å². The van der Waals surface area contributed by atoms with Crippen molar-refractivity contribution in [1.82, 2.24) is 10.2 Å². The molecule has 0 unspecified atom stereocenters. The Morgan fingerprint density at radius 3 is 2.86 bits per heavy atom. The van der Waals surface area contributed by atoms with E-state index in [1.807, 2.05) is 13.0 Å². The SMILES string of the molecule is Cc1oc(CNC2CC2)cc1CN(C)Cc1ccc(Cl)s1. The molecule has 5 heteroatoms. The fourth-order valence-corrected chi connectivity index (χ4v) is 3.58. The van der Waals surface area contributed by atoms with Gasteiger partial charge in [0.05, 0.1) is 10.9 Å². The smallest absolute Gasteiger partial charge is 0.118 e. The van der Waals surface area contributed by atoms with Gasteiger partial charge in [-0.3, -0.25) is 4.90 Å². The number of rotatable bonds is 7. The summed E-state index contributed by atoms with van der Waals surface area (Å²) >= 11 is 7.62. The van der Waals surface area contributed by atoms with Crippen LogP contribution in [0.15, 0.2) is 22.6 Å². The number of thiophene rings is 1. The lowest BCUT2D eigenvalue weighted by atomic mass is 10.2. The highest BCUT2D eigenvalue weighted by Gasteiger charge is 2.21. The molecule has 1 fully saturated rings. The summed E-state index contributed by atoms with van der Waals surface area (Å²) in [5.41, 5.74) is 1.27. The van der Waals surface area contributed by atoms with E-state index in [2.05, 4.69) is 29.4 Å². The number of furan rings is 1.